The van der Waals surface area contributed by atoms with E-state index in [2.05, 4.69) is 10.0 Å². The lowest BCUT2D eigenvalue weighted by atomic mass is 10.1. The second kappa shape index (κ2) is 9.58. The number of rotatable bonds is 9. The Labute approximate surface area is 185 Å². The lowest BCUT2D eigenvalue weighted by Crippen LogP contribution is -2.44. The number of hydrogen-bond acceptors (Lipinski definition) is 6. The van der Waals surface area contributed by atoms with Crippen molar-refractivity contribution in [1.82, 2.24) is 4.72 Å². The van der Waals surface area contributed by atoms with Gasteiger partial charge in [-0.25, -0.2) is 13.2 Å². The van der Waals surface area contributed by atoms with E-state index in [0.29, 0.717) is 34.2 Å². The molecule has 0 unspecified atom stereocenters. The number of anilines is 1. The molecule has 0 bridgehead atoms. The zero-order chi connectivity index (χ0) is 23.5. The number of carboxylic acid groups (broad SMARTS) is 1. The first kappa shape index (κ1) is 23.6. The number of sulfonamides is 1. The first-order valence-corrected chi connectivity index (χ1v) is 11.8. The summed E-state index contributed by atoms with van der Waals surface area (Å²) in [6.45, 7) is 5.58. The van der Waals surface area contributed by atoms with Gasteiger partial charge >= 0.3 is 12.1 Å². The summed E-state index contributed by atoms with van der Waals surface area (Å²) in [4.78, 5) is 23.2. The van der Waals surface area contributed by atoms with E-state index in [1.165, 1.54) is 12.1 Å². The van der Waals surface area contributed by atoms with Gasteiger partial charge in [0.05, 0.1) is 11.5 Å². The molecular formula is C22H26N2O7S. The Kier molecular flexibility index (Phi) is 7.05. The number of ether oxygens (including phenoxy) is 1. The van der Waals surface area contributed by atoms with Crippen LogP contribution in [0.15, 0.2) is 45.7 Å². The third-order valence-corrected chi connectivity index (χ3v) is 6.38. The van der Waals surface area contributed by atoms with Crippen LogP contribution >= 0.6 is 0 Å². The van der Waals surface area contributed by atoms with Crippen LogP contribution < -0.4 is 10.0 Å². The van der Waals surface area contributed by atoms with Crippen LogP contribution in [0.5, 0.6) is 0 Å². The van der Waals surface area contributed by atoms with E-state index in [1.807, 2.05) is 6.92 Å². The van der Waals surface area contributed by atoms with Gasteiger partial charge in [0.25, 0.3) is 0 Å². The molecule has 0 aliphatic carbocycles. The van der Waals surface area contributed by atoms with E-state index in [0.717, 1.165) is 12.8 Å². The molecule has 0 radical (unpaired) electrons. The predicted octanol–water partition coefficient (Wildman–Crippen LogP) is 4.32. The van der Waals surface area contributed by atoms with Gasteiger partial charge < -0.3 is 14.3 Å². The molecule has 3 N–H and O–H groups in total. The van der Waals surface area contributed by atoms with E-state index in [9.17, 15) is 23.1 Å². The molecule has 0 fully saturated rings. The van der Waals surface area contributed by atoms with Crippen LogP contribution in [0.4, 0.5) is 10.5 Å². The average Bonchev–Trinajstić information content (AvgIpc) is 3.09. The number of unbranched alkanes of at least 4 members (excludes halogenated alkanes) is 1. The minimum atomic E-state index is -4.08. The van der Waals surface area contributed by atoms with Crippen molar-refractivity contribution in [2.75, 3.05) is 11.9 Å². The summed E-state index contributed by atoms with van der Waals surface area (Å²) in [7, 11) is -4.08. The van der Waals surface area contributed by atoms with Crippen molar-refractivity contribution in [3.05, 3.63) is 36.4 Å². The van der Waals surface area contributed by atoms with Crippen molar-refractivity contribution >= 4 is 49.7 Å². The number of furan rings is 1. The molecule has 0 spiro atoms. The molecule has 1 amide bonds. The maximum atomic E-state index is 12.7. The van der Waals surface area contributed by atoms with Crippen LogP contribution in [0.25, 0.3) is 21.9 Å². The van der Waals surface area contributed by atoms with Gasteiger partial charge in [-0.15, -0.1) is 0 Å². The summed E-state index contributed by atoms with van der Waals surface area (Å²) in [6, 6.07) is 8.12. The number of nitrogens with one attached hydrogen (secondary N) is 2. The third-order valence-electron chi connectivity index (χ3n) is 4.95. The molecule has 3 aromatic rings. The number of benzene rings is 2. The molecule has 0 saturated heterocycles. The summed E-state index contributed by atoms with van der Waals surface area (Å²) in [5.41, 5.74) is 1.35. The lowest BCUT2D eigenvalue weighted by Gasteiger charge is -2.17. The molecule has 0 aliphatic rings. The van der Waals surface area contributed by atoms with Crippen LogP contribution in [-0.2, 0) is 19.6 Å². The predicted molar refractivity (Wildman–Crippen MR) is 120 cm³/mol. The highest BCUT2D eigenvalue weighted by Crippen LogP contribution is 2.32. The Hall–Kier alpha value is -3.11. The Balaban J connectivity index is 1.89. The van der Waals surface area contributed by atoms with Crippen molar-refractivity contribution in [1.29, 1.82) is 0 Å². The standard InChI is InChI=1S/C22H26N2O7S/c1-4-5-10-30-22(27)23-14-6-9-18-17(11-14)16-8-7-15(12-19(16)31-18)32(28,29)24-20(13(2)3)21(25)26/h6-9,11-13,20,24H,4-5,10H2,1-3H3,(H,23,27)(H,25,26)/t20-/m0/s1. The van der Waals surface area contributed by atoms with Gasteiger partial charge in [-0.3, -0.25) is 10.1 Å². The first-order chi connectivity index (χ1) is 15.1. The number of fused-ring (bicyclic) bond motifs is 3. The number of carbonyl (C=O) groups excluding carboxylic acids is 1. The normalized spacial score (nSPS) is 12.9. The zero-order valence-corrected chi connectivity index (χ0v) is 18.9. The monoisotopic (exact) mass is 462 g/mol. The molecule has 1 atom stereocenters. The van der Waals surface area contributed by atoms with Crippen LogP contribution in [0.2, 0.25) is 0 Å². The van der Waals surface area contributed by atoms with Crippen LogP contribution in [0.3, 0.4) is 0 Å². The van der Waals surface area contributed by atoms with Crippen molar-refractivity contribution in [3.63, 3.8) is 0 Å². The molecule has 32 heavy (non-hydrogen) atoms. The van der Waals surface area contributed by atoms with Gasteiger partial charge in [0, 0.05) is 22.5 Å². The van der Waals surface area contributed by atoms with Gasteiger partial charge in [0.15, 0.2) is 0 Å². The summed E-state index contributed by atoms with van der Waals surface area (Å²) in [5.74, 6) is -1.68. The molecule has 1 aromatic heterocycles. The SMILES string of the molecule is CCCCOC(=O)Nc1ccc2oc3cc(S(=O)(=O)N[C@H](C(=O)O)C(C)C)ccc3c2c1. The molecule has 2 aromatic carbocycles. The van der Waals surface area contributed by atoms with E-state index >= 15 is 0 Å². The van der Waals surface area contributed by atoms with Crippen LogP contribution in [0.1, 0.15) is 33.6 Å². The molecule has 1 heterocycles. The second-order valence-corrected chi connectivity index (χ2v) is 9.48. The van der Waals surface area contributed by atoms with Crippen molar-refractivity contribution in [2.45, 2.75) is 44.6 Å². The summed E-state index contributed by atoms with van der Waals surface area (Å²) in [5, 5.41) is 13.3. The van der Waals surface area contributed by atoms with Crippen LogP contribution in [-0.4, -0.2) is 38.2 Å². The Morgan fingerprint density at radius 3 is 2.50 bits per heavy atom. The van der Waals surface area contributed by atoms with Gasteiger partial charge in [-0.05, 0) is 42.7 Å². The van der Waals surface area contributed by atoms with E-state index in [1.54, 1.807) is 38.1 Å². The van der Waals surface area contributed by atoms with Crippen LogP contribution in [0, 0.1) is 5.92 Å². The van der Waals surface area contributed by atoms with Crippen molar-refractivity contribution in [3.8, 4) is 0 Å². The minimum absolute atomic E-state index is 0.103. The van der Waals surface area contributed by atoms with E-state index < -0.39 is 34.0 Å². The fourth-order valence-electron chi connectivity index (χ4n) is 3.17. The second-order valence-electron chi connectivity index (χ2n) is 7.77. The molecule has 3 rings (SSSR count). The highest BCUT2D eigenvalue weighted by molar-refractivity contribution is 7.89. The first-order valence-electron chi connectivity index (χ1n) is 10.3. The van der Waals surface area contributed by atoms with Crippen molar-refractivity contribution < 1.29 is 32.3 Å². The molecule has 10 heteroatoms. The number of amides is 1. The molecule has 0 aliphatic heterocycles. The van der Waals surface area contributed by atoms with Crippen molar-refractivity contribution in [2.24, 2.45) is 5.92 Å². The summed E-state index contributed by atoms with van der Waals surface area (Å²) < 4.78 is 38.5. The summed E-state index contributed by atoms with van der Waals surface area (Å²) in [6.07, 6.45) is 1.15. The smallest absolute Gasteiger partial charge is 0.411 e. The average molecular weight is 463 g/mol. The largest absolute Gasteiger partial charge is 0.480 e. The van der Waals surface area contributed by atoms with Gasteiger partial charge in [0.1, 0.15) is 17.2 Å². The molecule has 172 valence electrons. The Morgan fingerprint density at radius 1 is 1.09 bits per heavy atom. The van der Waals surface area contributed by atoms with Gasteiger partial charge in [-0.2, -0.15) is 4.72 Å². The topological polar surface area (TPSA) is 135 Å². The maximum Gasteiger partial charge on any atom is 0.411 e. The molecule has 0 saturated carbocycles. The zero-order valence-electron chi connectivity index (χ0n) is 18.0. The lowest BCUT2D eigenvalue weighted by molar-refractivity contribution is -0.140. The highest BCUT2D eigenvalue weighted by atomic mass is 32.2. The fraction of sp³-hybridized carbons (Fsp3) is 0.364. The van der Waals surface area contributed by atoms with Gasteiger partial charge in [-0.1, -0.05) is 27.2 Å². The molecule has 9 nitrogen and oxygen atoms in total. The van der Waals surface area contributed by atoms with E-state index in [4.69, 9.17) is 9.15 Å². The number of carboxylic acids is 1. The maximum absolute atomic E-state index is 12.7. The third kappa shape index (κ3) is 5.20. The summed E-state index contributed by atoms with van der Waals surface area (Å²) >= 11 is 0. The Morgan fingerprint density at radius 2 is 1.84 bits per heavy atom. The quantitative estimate of drug-likeness (QED) is 0.403. The number of hydrogen-bond donors (Lipinski definition) is 3. The number of carbonyl (C=O) groups is 2. The number of aliphatic carboxylic acids is 1. The van der Waals surface area contributed by atoms with Gasteiger partial charge in [0.2, 0.25) is 10.0 Å². The Bertz CT molecular complexity index is 1250. The molecular weight excluding hydrogens is 436 g/mol. The minimum Gasteiger partial charge on any atom is -0.480 e. The highest BCUT2D eigenvalue weighted by Gasteiger charge is 2.28. The van der Waals surface area contributed by atoms with E-state index in [-0.39, 0.29) is 4.90 Å². The fourth-order valence-corrected chi connectivity index (χ4v) is 4.53.